The number of para-hydroxylation sites is 4. The number of hydrogen-bond acceptors (Lipinski definition) is 3. The summed E-state index contributed by atoms with van der Waals surface area (Å²) in [6, 6.07) is 74.3. The molecule has 0 bridgehead atoms. The highest BCUT2D eigenvalue weighted by Crippen LogP contribution is 2.62. The Morgan fingerprint density at radius 1 is 0.328 bits per heavy atom. The van der Waals surface area contributed by atoms with Crippen LogP contribution in [-0.2, 0) is 5.41 Å². The van der Waals surface area contributed by atoms with Crippen molar-refractivity contribution in [1.82, 2.24) is 19.1 Å². The fraction of sp³-hybridized carbons (Fsp3) is 0.0169. The summed E-state index contributed by atoms with van der Waals surface area (Å²) in [5, 5.41) is 4.86. The highest BCUT2D eigenvalue weighted by Gasteiger charge is 2.52. The van der Waals surface area contributed by atoms with Gasteiger partial charge in [-0.3, -0.25) is 9.97 Å². The van der Waals surface area contributed by atoms with E-state index in [-0.39, 0.29) is 0 Å². The minimum Gasteiger partial charge on any atom is -0.457 e. The second kappa shape index (κ2) is 13.2. The summed E-state index contributed by atoms with van der Waals surface area (Å²) < 4.78 is 11.9. The highest BCUT2D eigenvalue weighted by atomic mass is 16.5. The maximum atomic E-state index is 7.21. The van der Waals surface area contributed by atoms with E-state index in [1.807, 2.05) is 24.5 Å². The maximum Gasteiger partial charge on any atom is 0.132 e. The van der Waals surface area contributed by atoms with E-state index >= 15 is 0 Å². The van der Waals surface area contributed by atoms with E-state index in [1.165, 1.54) is 43.6 Å². The van der Waals surface area contributed by atoms with Crippen LogP contribution in [0.25, 0.3) is 88.6 Å². The van der Waals surface area contributed by atoms with Crippen molar-refractivity contribution in [2.45, 2.75) is 5.41 Å². The van der Waals surface area contributed by atoms with Crippen LogP contribution in [0.4, 0.5) is 0 Å². The summed E-state index contributed by atoms with van der Waals surface area (Å²) in [4.78, 5) is 9.95. The van der Waals surface area contributed by atoms with Crippen LogP contribution in [0, 0.1) is 0 Å². The molecule has 1 aliphatic carbocycles. The van der Waals surface area contributed by atoms with E-state index < -0.39 is 5.41 Å². The standard InChI is InChI=1S/C59H36N4O/c1-3-13-41(14-4-1)62-51-21-9-7-17-43(51)45-33-37(25-29-53(45)62)39-23-27-47-55(35-39)64-56-36-40(24-28-48(56)59(47)49-19-11-31-60-57(49)58-50(59)20-12-32-61-58)38-26-30-54-46(34-38)44-18-8-10-22-52(44)63(54)42-15-5-2-6-16-42/h1-36H. The summed E-state index contributed by atoms with van der Waals surface area (Å²) in [6.45, 7) is 0. The van der Waals surface area contributed by atoms with Gasteiger partial charge in [0, 0.05) is 56.4 Å². The fourth-order valence-corrected chi connectivity index (χ4v) is 11.0. The van der Waals surface area contributed by atoms with Crippen molar-refractivity contribution in [3.63, 3.8) is 0 Å². The molecule has 2 aliphatic rings. The quantitative estimate of drug-likeness (QED) is 0.178. The molecule has 0 saturated heterocycles. The first-order chi connectivity index (χ1) is 31.7. The molecule has 4 aromatic heterocycles. The topological polar surface area (TPSA) is 44.9 Å². The van der Waals surface area contributed by atoms with E-state index in [4.69, 9.17) is 14.7 Å². The molecule has 0 saturated carbocycles. The lowest BCUT2D eigenvalue weighted by atomic mass is 9.66. The fourth-order valence-electron chi connectivity index (χ4n) is 11.0. The van der Waals surface area contributed by atoms with E-state index in [9.17, 15) is 0 Å². The monoisotopic (exact) mass is 816 g/mol. The lowest BCUT2D eigenvalue weighted by Crippen LogP contribution is -2.32. The van der Waals surface area contributed by atoms with Gasteiger partial charge in [0.05, 0.1) is 38.9 Å². The first-order valence-electron chi connectivity index (χ1n) is 21.8. The third kappa shape index (κ3) is 4.78. The molecule has 64 heavy (non-hydrogen) atoms. The van der Waals surface area contributed by atoms with Crippen molar-refractivity contribution in [1.29, 1.82) is 0 Å². The first kappa shape index (κ1) is 35.1. The molecule has 0 N–H and O–H groups in total. The Morgan fingerprint density at radius 3 is 1.22 bits per heavy atom. The molecule has 0 radical (unpaired) electrons. The van der Waals surface area contributed by atoms with Crippen LogP contribution in [0.15, 0.2) is 219 Å². The summed E-state index contributed by atoms with van der Waals surface area (Å²) in [5.74, 6) is 1.64. The lowest BCUT2D eigenvalue weighted by Gasteiger charge is -2.39. The zero-order chi connectivity index (χ0) is 41.9. The molecule has 14 rings (SSSR count). The smallest absolute Gasteiger partial charge is 0.132 e. The van der Waals surface area contributed by atoms with Crippen LogP contribution in [0.5, 0.6) is 11.5 Å². The van der Waals surface area contributed by atoms with Gasteiger partial charge < -0.3 is 13.9 Å². The molecule has 8 aromatic carbocycles. The van der Waals surface area contributed by atoms with Gasteiger partial charge in [0.15, 0.2) is 0 Å². The van der Waals surface area contributed by atoms with E-state index in [0.29, 0.717) is 0 Å². The third-order valence-corrected chi connectivity index (χ3v) is 13.7. The number of pyridine rings is 2. The normalized spacial score (nSPS) is 13.2. The van der Waals surface area contributed by atoms with Crippen LogP contribution in [0.3, 0.4) is 0 Å². The largest absolute Gasteiger partial charge is 0.457 e. The van der Waals surface area contributed by atoms with Gasteiger partial charge in [-0.2, -0.15) is 0 Å². The van der Waals surface area contributed by atoms with Gasteiger partial charge in [0.1, 0.15) is 11.5 Å². The molecule has 0 amide bonds. The van der Waals surface area contributed by atoms with Gasteiger partial charge in [0.25, 0.3) is 0 Å². The number of benzene rings is 8. The SMILES string of the molecule is c1ccc(-n2c3ccccc3c3cc(-c4ccc5c(c4)Oc4cc(-c6ccc7c(c6)c6ccccc6n7-c6ccccc6)ccc4C54c5cccnc5-c5ncccc54)ccc32)cc1. The molecule has 0 atom stereocenters. The Bertz CT molecular complexity index is 3630. The molecule has 0 fully saturated rings. The Labute approximate surface area is 368 Å². The highest BCUT2D eigenvalue weighted by molar-refractivity contribution is 6.11. The average molecular weight is 817 g/mol. The van der Waals surface area contributed by atoms with Gasteiger partial charge in [-0.15, -0.1) is 0 Å². The average Bonchev–Trinajstić information content (AvgIpc) is 3.98. The Balaban J connectivity index is 0.960. The van der Waals surface area contributed by atoms with Crippen molar-refractivity contribution in [3.8, 4) is 56.5 Å². The van der Waals surface area contributed by atoms with Crippen molar-refractivity contribution in [2.24, 2.45) is 0 Å². The third-order valence-electron chi connectivity index (χ3n) is 13.7. The number of aromatic nitrogens is 4. The molecule has 1 aliphatic heterocycles. The molecule has 298 valence electrons. The number of rotatable bonds is 4. The zero-order valence-corrected chi connectivity index (χ0v) is 34.5. The van der Waals surface area contributed by atoms with Gasteiger partial charge in [-0.25, -0.2) is 0 Å². The zero-order valence-electron chi connectivity index (χ0n) is 34.5. The van der Waals surface area contributed by atoms with Crippen molar-refractivity contribution in [2.75, 3.05) is 0 Å². The molecule has 5 heterocycles. The minimum absolute atomic E-state index is 0.687. The van der Waals surface area contributed by atoms with Gasteiger partial charge >= 0.3 is 0 Å². The number of ether oxygens (including phenoxy) is 1. The molecule has 5 heteroatoms. The number of fused-ring (bicyclic) bond motifs is 15. The van der Waals surface area contributed by atoms with E-state index in [0.717, 1.165) is 78.8 Å². The molecule has 12 aromatic rings. The van der Waals surface area contributed by atoms with Crippen LogP contribution < -0.4 is 4.74 Å². The van der Waals surface area contributed by atoms with E-state index in [1.54, 1.807) is 0 Å². The number of hydrogen-bond donors (Lipinski definition) is 0. The summed E-state index contributed by atoms with van der Waals surface area (Å²) in [7, 11) is 0. The van der Waals surface area contributed by atoms with Crippen molar-refractivity contribution >= 4 is 43.6 Å². The second-order valence-electron chi connectivity index (χ2n) is 16.9. The van der Waals surface area contributed by atoms with Gasteiger partial charge in [-0.05, 0) is 118 Å². The summed E-state index contributed by atoms with van der Waals surface area (Å²) in [5.41, 5.74) is 16.9. The molecular weight excluding hydrogens is 781 g/mol. The molecule has 5 nitrogen and oxygen atoms in total. The van der Waals surface area contributed by atoms with Gasteiger partial charge in [-0.1, -0.05) is 121 Å². The summed E-state index contributed by atoms with van der Waals surface area (Å²) >= 11 is 0. The second-order valence-corrected chi connectivity index (χ2v) is 16.9. The first-order valence-corrected chi connectivity index (χ1v) is 21.8. The lowest BCUT2D eigenvalue weighted by molar-refractivity contribution is 0.436. The number of nitrogens with zero attached hydrogens (tertiary/aromatic N) is 4. The van der Waals surface area contributed by atoms with Crippen molar-refractivity contribution in [3.05, 3.63) is 241 Å². The molecule has 0 unspecified atom stereocenters. The van der Waals surface area contributed by atoms with Crippen LogP contribution in [0.1, 0.15) is 22.3 Å². The Hall–Kier alpha value is -8.54. The van der Waals surface area contributed by atoms with Crippen LogP contribution >= 0.6 is 0 Å². The van der Waals surface area contributed by atoms with Gasteiger partial charge in [0.2, 0.25) is 0 Å². The Kier molecular flexibility index (Phi) is 7.26. The predicted octanol–water partition coefficient (Wildman–Crippen LogP) is 14.5. The molecular formula is C59H36N4O. The molecule has 1 spiro atoms. The minimum atomic E-state index is -0.687. The Morgan fingerprint density at radius 2 is 0.734 bits per heavy atom. The van der Waals surface area contributed by atoms with Crippen LogP contribution in [-0.4, -0.2) is 19.1 Å². The maximum absolute atomic E-state index is 7.21. The van der Waals surface area contributed by atoms with Crippen molar-refractivity contribution < 1.29 is 4.74 Å². The predicted molar refractivity (Wildman–Crippen MR) is 259 cm³/mol. The van der Waals surface area contributed by atoms with E-state index in [2.05, 4.69) is 203 Å². The summed E-state index contributed by atoms with van der Waals surface area (Å²) in [6.07, 6.45) is 3.75. The van der Waals surface area contributed by atoms with Crippen LogP contribution in [0.2, 0.25) is 0 Å².